The highest BCUT2D eigenvalue weighted by Gasteiger charge is 2.15. The van der Waals surface area contributed by atoms with E-state index in [9.17, 15) is 8.78 Å². The fourth-order valence-corrected chi connectivity index (χ4v) is 3.34. The third kappa shape index (κ3) is 5.19. The highest BCUT2D eigenvalue weighted by Crippen LogP contribution is 2.37. The maximum Gasteiger partial charge on any atom is 0.387 e. The molecule has 0 amide bonds. The number of hydrogen-bond acceptors (Lipinski definition) is 2. The number of halogens is 4. The molecule has 6 heteroatoms. The molecule has 0 aliphatic heterocycles. The minimum Gasteiger partial charge on any atom is -0.432 e. The van der Waals surface area contributed by atoms with Crippen molar-refractivity contribution in [2.24, 2.45) is 5.92 Å². The highest BCUT2D eigenvalue weighted by molar-refractivity contribution is 6.37. The SMILES string of the molecule is FC(F)Oc1c(Cl)cc(NCCC2CCCCC2)cc1Cl. The van der Waals surface area contributed by atoms with E-state index in [4.69, 9.17) is 23.2 Å². The van der Waals surface area contributed by atoms with Gasteiger partial charge in [-0.25, -0.2) is 0 Å². The van der Waals surface area contributed by atoms with Gasteiger partial charge in [0.05, 0.1) is 10.0 Å². The molecular formula is C15H19Cl2F2NO. The number of alkyl halides is 2. The van der Waals surface area contributed by atoms with E-state index >= 15 is 0 Å². The summed E-state index contributed by atoms with van der Waals surface area (Å²) in [5.41, 5.74) is 0.724. The van der Waals surface area contributed by atoms with Gasteiger partial charge >= 0.3 is 6.61 Å². The van der Waals surface area contributed by atoms with E-state index in [0.29, 0.717) is 0 Å². The zero-order valence-electron chi connectivity index (χ0n) is 11.7. The average molecular weight is 338 g/mol. The molecule has 1 N–H and O–H groups in total. The molecule has 1 aliphatic rings. The second kappa shape index (κ2) is 8.04. The second-order valence-electron chi connectivity index (χ2n) is 5.37. The Balaban J connectivity index is 1.88. The first-order valence-electron chi connectivity index (χ1n) is 7.24. The molecule has 1 fully saturated rings. The van der Waals surface area contributed by atoms with Crippen LogP contribution in [0.4, 0.5) is 14.5 Å². The van der Waals surface area contributed by atoms with Gasteiger partial charge in [-0.15, -0.1) is 0 Å². The van der Waals surface area contributed by atoms with E-state index in [1.54, 1.807) is 12.1 Å². The van der Waals surface area contributed by atoms with E-state index in [-0.39, 0.29) is 15.8 Å². The van der Waals surface area contributed by atoms with Crippen molar-refractivity contribution in [3.8, 4) is 5.75 Å². The molecule has 0 bridgehead atoms. The smallest absolute Gasteiger partial charge is 0.387 e. The van der Waals surface area contributed by atoms with Gasteiger partial charge in [0.15, 0.2) is 5.75 Å². The minimum atomic E-state index is -2.94. The van der Waals surface area contributed by atoms with E-state index in [1.807, 2.05) is 0 Å². The van der Waals surface area contributed by atoms with Crippen LogP contribution in [0.3, 0.4) is 0 Å². The van der Waals surface area contributed by atoms with E-state index in [2.05, 4.69) is 10.1 Å². The molecule has 0 aromatic heterocycles. The van der Waals surface area contributed by atoms with Crippen LogP contribution in [0.5, 0.6) is 5.75 Å². The highest BCUT2D eigenvalue weighted by atomic mass is 35.5. The van der Waals surface area contributed by atoms with Gasteiger partial charge in [0.2, 0.25) is 0 Å². The zero-order chi connectivity index (χ0) is 15.2. The average Bonchev–Trinajstić information content (AvgIpc) is 2.44. The number of nitrogens with one attached hydrogen (secondary N) is 1. The lowest BCUT2D eigenvalue weighted by Crippen LogP contribution is -2.12. The van der Waals surface area contributed by atoms with Crippen LogP contribution in [0, 0.1) is 5.92 Å². The molecule has 0 unspecified atom stereocenters. The normalized spacial score (nSPS) is 16.2. The van der Waals surface area contributed by atoms with Crippen molar-refractivity contribution in [2.75, 3.05) is 11.9 Å². The molecule has 21 heavy (non-hydrogen) atoms. The van der Waals surface area contributed by atoms with Crippen LogP contribution >= 0.6 is 23.2 Å². The lowest BCUT2D eigenvalue weighted by atomic mass is 9.87. The molecular weight excluding hydrogens is 319 g/mol. The molecule has 118 valence electrons. The summed E-state index contributed by atoms with van der Waals surface area (Å²) >= 11 is 11.8. The molecule has 2 nitrogen and oxygen atoms in total. The molecule has 0 saturated heterocycles. The van der Waals surface area contributed by atoms with Gasteiger partial charge < -0.3 is 10.1 Å². The largest absolute Gasteiger partial charge is 0.432 e. The van der Waals surface area contributed by atoms with Crippen LogP contribution in [-0.4, -0.2) is 13.2 Å². The Hall–Kier alpha value is -0.740. The summed E-state index contributed by atoms with van der Waals surface area (Å²) in [7, 11) is 0. The van der Waals surface area contributed by atoms with Crippen LogP contribution in [-0.2, 0) is 0 Å². The fourth-order valence-electron chi connectivity index (χ4n) is 2.76. The predicted molar refractivity (Wildman–Crippen MR) is 82.8 cm³/mol. The number of rotatable bonds is 6. The first kappa shape index (κ1) is 16.6. The Kier molecular flexibility index (Phi) is 6.37. The van der Waals surface area contributed by atoms with Crippen molar-refractivity contribution < 1.29 is 13.5 Å². The molecule has 2 rings (SSSR count). The number of hydrogen-bond donors (Lipinski definition) is 1. The second-order valence-corrected chi connectivity index (χ2v) is 6.18. The first-order chi connectivity index (χ1) is 10.1. The first-order valence-corrected chi connectivity index (χ1v) is 7.99. The van der Waals surface area contributed by atoms with Gasteiger partial charge in [-0.05, 0) is 24.5 Å². The maximum absolute atomic E-state index is 12.2. The number of ether oxygens (including phenoxy) is 1. The Morgan fingerprint density at radius 2 is 1.76 bits per heavy atom. The van der Waals surface area contributed by atoms with Gasteiger partial charge in [0, 0.05) is 12.2 Å². The molecule has 1 saturated carbocycles. The summed E-state index contributed by atoms with van der Waals surface area (Å²) in [6, 6.07) is 3.12. The van der Waals surface area contributed by atoms with Gasteiger partial charge in [0.25, 0.3) is 0 Å². The molecule has 0 spiro atoms. The summed E-state index contributed by atoms with van der Waals surface area (Å²) < 4.78 is 28.8. The van der Waals surface area contributed by atoms with Gasteiger partial charge in [-0.1, -0.05) is 55.3 Å². The number of anilines is 1. The minimum absolute atomic E-state index is 0.0861. The Bertz CT molecular complexity index is 442. The summed E-state index contributed by atoms with van der Waals surface area (Å²) in [5, 5.41) is 3.41. The Labute approximate surface area is 133 Å². The van der Waals surface area contributed by atoms with Crippen LogP contribution in [0.15, 0.2) is 12.1 Å². The van der Waals surface area contributed by atoms with Crippen LogP contribution in [0.1, 0.15) is 38.5 Å². The van der Waals surface area contributed by atoms with Crippen LogP contribution < -0.4 is 10.1 Å². The van der Waals surface area contributed by atoms with Crippen LogP contribution in [0.25, 0.3) is 0 Å². The predicted octanol–water partition coefficient (Wildman–Crippen LogP) is 5.98. The lowest BCUT2D eigenvalue weighted by molar-refractivity contribution is -0.0497. The monoisotopic (exact) mass is 337 g/mol. The van der Waals surface area contributed by atoms with Crippen molar-refractivity contribution in [3.05, 3.63) is 22.2 Å². The molecule has 1 aromatic carbocycles. The molecule has 0 atom stereocenters. The lowest BCUT2D eigenvalue weighted by Gasteiger charge is -2.21. The van der Waals surface area contributed by atoms with Gasteiger partial charge in [-0.3, -0.25) is 0 Å². The summed E-state index contributed by atoms with van der Waals surface area (Å²) in [5.74, 6) is 0.602. The fraction of sp³-hybridized carbons (Fsp3) is 0.600. The molecule has 1 aromatic rings. The van der Waals surface area contributed by atoms with Crippen molar-refractivity contribution >= 4 is 28.9 Å². The molecule has 0 radical (unpaired) electrons. The topological polar surface area (TPSA) is 21.3 Å². The Morgan fingerprint density at radius 1 is 1.14 bits per heavy atom. The third-order valence-corrected chi connectivity index (χ3v) is 4.37. The quantitative estimate of drug-likeness (QED) is 0.689. The van der Waals surface area contributed by atoms with Crippen molar-refractivity contribution in [3.63, 3.8) is 0 Å². The maximum atomic E-state index is 12.2. The van der Waals surface area contributed by atoms with E-state index in [1.165, 1.54) is 32.1 Å². The number of benzene rings is 1. The summed E-state index contributed by atoms with van der Waals surface area (Å²) in [4.78, 5) is 0. The molecule has 0 heterocycles. The Morgan fingerprint density at radius 3 is 2.33 bits per heavy atom. The van der Waals surface area contributed by atoms with Gasteiger partial charge in [0.1, 0.15) is 0 Å². The standard InChI is InChI=1S/C15H19Cl2F2NO/c16-12-8-11(9-13(17)14(12)21-15(18)19)20-7-6-10-4-2-1-3-5-10/h8-10,15,20H,1-7H2. The van der Waals surface area contributed by atoms with Crippen molar-refractivity contribution in [1.82, 2.24) is 0 Å². The zero-order valence-corrected chi connectivity index (χ0v) is 13.2. The van der Waals surface area contributed by atoms with Crippen molar-refractivity contribution in [2.45, 2.75) is 45.1 Å². The summed E-state index contributed by atoms with van der Waals surface area (Å²) in [6.07, 6.45) is 7.68. The van der Waals surface area contributed by atoms with Crippen molar-refractivity contribution in [1.29, 1.82) is 0 Å². The van der Waals surface area contributed by atoms with E-state index < -0.39 is 6.61 Å². The van der Waals surface area contributed by atoms with E-state index in [0.717, 1.165) is 24.6 Å². The summed E-state index contributed by atoms with van der Waals surface area (Å²) in [6.45, 7) is -2.11. The molecule has 1 aliphatic carbocycles. The van der Waals surface area contributed by atoms with Gasteiger partial charge in [-0.2, -0.15) is 8.78 Å². The third-order valence-electron chi connectivity index (χ3n) is 3.81. The van der Waals surface area contributed by atoms with Crippen LogP contribution in [0.2, 0.25) is 10.0 Å².